The number of para-hydroxylation sites is 1. The zero-order valence-corrected chi connectivity index (χ0v) is 14.9. The van der Waals surface area contributed by atoms with E-state index in [0.29, 0.717) is 5.69 Å². The van der Waals surface area contributed by atoms with Crippen molar-refractivity contribution in [1.29, 1.82) is 0 Å². The molecule has 5 rings (SSSR count). The predicted octanol–water partition coefficient (Wildman–Crippen LogP) is 4.77. The van der Waals surface area contributed by atoms with Crippen LogP contribution in [0.3, 0.4) is 0 Å². The monoisotopic (exact) mass is 353 g/mol. The smallest absolute Gasteiger partial charge is 0.276 e. The van der Waals surface area contributed by atoms with Crippen LogP contribution in [0.5, 0.6) is 0 Å². The molecule has 1 N–H and O–H groups in total. The molecule has 0 unspecified atom stereocenters. The molecule has 4 aromatic rings. The molecule has 0 atom stereocenters. The molecule has 0 bridgehead atoms. The Bertz CT molecular complexity index is 1140. The molecule has 1 aliphatic carbocycles. The molecule has 1 aliphatic rings. The van der Waals surface area contributed by atoms with Crippen molar-refractivity contribution in [3.8, 4) is 5.69 Å². The van der Waals surface area contributed by atoms with E-state index in [1.54, 1.807) is 0 Å². The van der Waals surface area contributed by atoms with Gasteiger partial charge in [0.05, 0.1) is 5.69 Å². The maximum absolute atomic E-state index is 13.1. The summed E-state index contributed by atoms with van der Waals surface area (Å²) in [5, 5.41) is 9.91. The van der Waals surface area contributed by atoms with E-state index in [1.807, 2.05) is 77.5 Å². The van der Waals surface area contributed by atoms with Gasteiger partial charge in [0.15, 0.2) is 5.69 Å². The molecule has 27 heavy (non-hydrogen) atoms. The van der Waals surface area contributed by atoms with Crippen molar-refractivity contribution in [3.05, 3.63) is 89.7 Å². The minimum absolute atomic E-state index is 0.140. The van der Waals surface area contributed by atoms with E-state index >= 15 is 0 Å². The molecule has 0 spiro atoms. The molecule has 0 radical (unpaired) electrons. The van der Waals surface area contributed by atoms with E-state index < -0.39 is 0 Å². The molecular weight excluding hydrogens is 334 g/mol. The normalized spacial score (nSPS) is 12.9. The molecule has 1 amide bonds. The zero-order valence-electron chi connectivity index (χ0n) is 14.9. The lowest BCUT2D eigenvalue weighted by atomic mass is 10.1. The van der Waals surface area contributed by atoms with Crippen LogP contribution in [-0.2, 0) is 12.8 Å². The van der Waals surface area contributed by atoms with Gasteiger partial charge < -0.3 is 5.32 Å². The molecule has 0 saturated heterocycles. The van der Waals surface area contributed by atoms with Crippen molar-refractivity contribution >= 4 is 22.4 Å². The number of anilines is 1. The average molecular weight is 353 g/mol. The van der Waals surface area contributed by atoms with Crippen LogP contribution in [0, 0.1) is 0 Å². The van der Waals surface area contributed by atoms with E-state index in [1.165, 1.54) is 0 Å². The van der Waals surface area contributed by atoms with E-state index in [-0.39, 0.29) is 5.91 Å². The minimum atomic E-state index is -0.140. The van der Waals surface area contributed by atoms with Crippen LogP contribution in [-0.4, -0.2) is 15.7 Å². The first-order valence-corrected chi connectivity index (χ1v) is 9.26. The van der Waals surface area contributed by atoms with Crippen LogP contribution in [0.15, 0.2) is 72.8 Å². The molecule has 3 aromatic carbocycles. The predicted molar refractivity (Wildman–Crippen MR) is 107 cm³/mol. The summed E-state index contributed by atoms with van der Waals surface area (Å²) in [6.07, 6.45) is 2.92. The van der Waals surface area contributed by atoms with Crippen LogP contribution in [0.2, 0.25) is 0 Å². The maximum atomic E-state index is 13.1. The summed E-state index contributed by atoms with van der Waals surface area (Å²) in [4.78, 5) is 13.1. The first-order chi connectivity index (χ1) is 13.3. The number of amides is 1. The van der Waals surface area contributed by atoms with Gasteiger partial charge in [-0.25, -0.2) is 4.68 Å². The highest BCUT2D eigenvalue weighted by molar-refractivity contribution is 6.09. The van der Waals surface area contributed by atoms with Crippen molar-refractivity contribution < 1.29 is 4.79 Å². The first-order valence-electron chi connectivity index (χ1n) is 9.26. The second-order valence-corrected chi connectivity index (χ2v) is 6.86. The lowest BCUT2D eigenvalue weighted by Crippen LogP contribution is -2.15. The summed E-state index contributed by atoms with van der Waals surface area (Å²) in [5.41, 5.74) is 4.60. The summed E-state index contributed by atoms with van der Waals surface area (Å²) in [6.45, 7) is 0. The molecule has 132 valence electrons. The Labute approximate surface area is 157 Å². The fourth-order valence-corrected chi connectivity index (χ4v) is 3.92. The van der Waals surface area contributed by atoms with Crippen molar-refractivity contribution in [3.63, 3.8) is 0 Å². The SMILES string of the molecule is O=C(Nc1cccc2ccccc12)c1nn(-c2ccccc2)c2c1CCC2. The number of hydrogen-bond acceptors (Lipinski definition) is 2. The number of nitrogens with zero attached hydrogens (tertiary/aromatic N) is 2. The van der Waals surface area contributed by atoms with Crippen LogP contribution in [0.25, 0.3) is 16.5 Å². The Morgan fingerprint density at radius 1 is 0.889 bits per heavy atom. The van der Waals surface area contributed by atoms with E-state index in [2.05, 4.69) is 10.4 Å². The number of carbonyl (C=O) groups is 1. The molecule has 0 saturated carbocycles. The fraction of sp³-hybridized carbons (Fsp3) is 0.130. The zero-order chi connectivity index (χ0) is 18.2. The number of aromatic nitrogens is 2. The van der Waals surface area contributed by atoms with Gasteiger partial charge in [0.2, 0.25) is 0 Å². The second kappa shape index (κ2) is 6.40. The number of rotatable bonds is 3. The Balaban J connectivity index is 1.54. The molecule has 0 fully saturated rings. The highest BCUT2D eigenvalue weighted by Crippen LogP contribution is 2.29. The largest absolute Gasteiger partial charge is 0.320 e. The molecule has 0 aliphatic heterocycles. The van der Waals surface area contributed by atoms with Crippen molar-refractivity contribution in [2.45, 2.75) is 19.3 Å². The van der Waals surface area contributed by atoms with Gasteiger partial charge in [-0.3, -0.25) is 4.79 Å². The van der Waals surface area contributed by atoms with Gasteiger partial charge in [0.1, 0.15) is 0 Å². The Kier molecular flexibility index (Phi) is 3.75. The molecule has 4 heteroatoms. The highest BCUT2D eigenvalue weighted by Gasteiger charge is 2.27. The molecule has 4 nitrogen and oxygen atoms in total. The molecular formula is C23H19N3O. The third-order valence-electron chi connectivity index (χ3n) is 5.18. The quantitative estimate of drug-likeness (QED) is 0.577. The van der Waals surface area contributed by atoms with E-state index in [4.69, 9.17) is 0 Å². The van der Waals surface area contributed by atoms with E-state index in [0.717, 1.165) is 52.7 Å². The second-order valence-electron chi connectivity index (χ2n) is 6.86. The van der Waals surface area contributed by atoms with Crippen molar-refractivity contribution in [1.82, 2.24) is 9.78 Å². The summed E-state index contributed by atoms with van der Waals surface area (Å²) < 4.78 is 1.93. The summed E-state index contributed by atoms with van der Waals surface area (Å²) in [5.74, 6) is -0.140. The van der Waals surface area contributed by atoms with Crippen LogP contribution in [0.1, 0.15) is 28.2 Å². The van der Waals surface area contributed by atoms with Gasteiger partial charge in [0.25, 0.3) is 5.91 Å². The lowest BCUT2D eigenvalue weighted by Gasteiger charge is -2.08. The number of carbonyl (C=O) groups excluding carboxylic acids is 1. The first kappa shape index (κ1) is 15.8. The molecule has 1 heterocycles. The average Bonchev–Trinajstić information content (AvgIpc) is 3.31. The van der Waals surface area contributed by atoms with Gasteiger partial charge in [-0.2, -0.15) is 5.10 Å². The van der Waals surface area contributed by atoms with Gasteiger partial charge in [-0.1, -0.05) is 54.6 Å². The molecule has 1 aromatic heterocycles. The van der Waals surface area contributed by atoms with Gasteiger partial charge in [-0.15, -0.1) is 0 Å². The van der Waals surface area contributed by atoms with E-state index in [9.17, 15) is 4.79 Å². The number of benzene rings is 3. The Morgan fingerprint density at radius 3 is 2.56 bits per heavy atom. The van der Waals surface area contributed by atoms with Crippen molar-refractivity contribution in [2.24, 2.45) is 0 Å². The van der Waals surface area contributed by atoms with Crippen LogP contribution >= 0.6 is 0 Å². The highest BCUT2D eigenvalue weighted by atomic mass is 16.2. The fourth-order valence-electron chi connectivity index (χ4n) is 3.92. The summed E-state index contributed by atoms with van der Waals surface area (Å²) in [6, 6.07) is 24.0. The number of nitrogens with one attached hydrogen (secondary N) is 1. The van der Waals surface area contributed by atoms with Gasteiger partial charge in [-0.05, 0) is 42.8 Å². The van der Waals surface area contributed by atoms with Gasteiger partial charge in [0, 0.05) is 22.3 Å². The third-order valence-corrected chi connectivity index (χ3v) is 5.18. The number of hydrogen-bond donors (Lipinski definition) is 1. The minimum Gasteiger partial charge on any atom is -0.320 e. The summed E-state index contributed by atoms with van der Waals surface area (Å²) >= 11 is 0. The topological polar surface area (TPSA) is 46.9 Å². The number of fused-ring (bicyclic) bond motifs is 2. The van der Waals surface area contributed by atoms with Gasteiger partial charge >= 0.3 is 0 Å². The lowest BCUT2D eigenvalue weighted by molar-refractivity contribution is 0.102. The Morgan fingerprint density at radius 2 is 1.67 bits per heavy atom. The standard InChI is InChI=1S/C23H19N3O/c27-23(24-20-14-6-9-16-8-4-5-12-18(16)20)22-19-13-7-15-21(19)26(25-22)17-10-2-1-3-11-17/h1-6,8-12,14H,7,13,15H2,(H,24,27). The maximum Gasteiger partial charge on any atom is 0.276 e. The van der Waals surface area contributed by atoms with Crippen LogP contribution < -0.4 is 5.32 Å². The third kappa shape index (κ3) is 2.70. The summed E-state index contributed by atoms with van der Waals surface area (Å²) in [7, 11) is 0. The van der Waals surface area contributed by atoms with Crippen LogP contribution in [0.4, 0.5) is 5.69 Å². The van der Waals surface area contributed by atoms with Crippen molar-refractivity contribution in [2.75, 3.05) is 5.32 Å². The Hall–Kier alpha value is -3.40.